The van der Waals surface area contributed by atoms with Gasteiger partial charge in [-0.1, -0.05) is 24.3 Å². The lowest BCUT2D eigenvalue weighted by Gasteiger charge is -2.25. The molecule has 0 radical (unpaired) electrons. The van der Waals surface area contributed by atoms with E-state index in [9.17, 15) is 4.79 Å². The summed E-state index contributed by atoms with van der Waals surface area (Å²) < 4.78 is 22.3. The van der Waals surface area contributed by atoms with Crippen molar-refractivity contribution in [2.24, 2.45) is 0 Å². The van der Waals surface area contributed by atoms with Gasteiger partial charge in [0.05, 0.1) is 12.2 Å². The molecule has 0 N–H and O–H groups in total. The number of ether oxygens (including phenoxy) is 1. The van der Waals surface area contributed by atoms with Gasteiger partial charge in [0.2, 0.25) is 0 Å². The van der Waals surface area contributed by atoms with Crippen molar-refractivity contribution in [3.05, 3.63) is 47.7 Å². The molecule has 1 aromatic carbocycles. The first-order chi connectivity index (χ1) is 11.2. The maximum Gasteiger partial charge on any atom is 0.529 e. The Morgan fingerprint density at radius 1 is 1.00 bits per heavy atom. The molecule has 6 heteroatoms. The molecule has 0 saturated heterocycles. The minimum Gasteiger partial charge on any atom is -0.462 e. The zero-order valence-corrected chi connectivity index (χ0v) is 15.1. The fraction of sp³-hybridized carbons (Fsp3) is 0.471. The van der Waals surface area contributed by atoms with E-state index in [1.54, 1.807) is 12.1 Å². The van der Waals surface area contributed by atoms with Crippen LogP contribution in [0.3, 0.4) is 0 Å². The first-order valence-electron chi connectivity index (χ1n) is 7.99. The molecule has 0 atom stereocenters. The third-order valence-corrected chi connectivity index (χ3v) is 5.60. The smallest absolute Gasteiger partial charge is 0.462 e. The van der Waals surface area contributed by atoms with Crippen LogP contribution < -0.4 is 0 Å². The quantitative estimate of drug-likeness (QED) is 0.352. The molecular formula is C17H26O5Si. The number of hydrogen-bond donors (Lipinski definition) is 0. The Hall–Kier alpha value is -1.47. The first kappa shape index (κ1) is 19.6. The van der Waals surface area contributed by atoms with Crippen molar-refractivity contribution in [2.45, 2.75) is 27.2 Å². The van der Waals surface area contributed by atoms with Crippen molar-refractivity contribution in [3.8, 4) is 0 Å². The standard InChI is InChI=1S/C17H26O5Si/c1-4-20-23(21-5-2,22-6-3)15-11-10-14-19-17(18)16-12-8-7-9-13-16/h7-9,11-13,15H,4-6,10,14H2,1-3H3/b15-11-. The van der Waals surface area contributed by atoms with Gasteiger partial charge in [-0.2, -0.15) is 0 Å². The van der Waals surface area contributed by atoms with Crippen molar-refractivity contribution in [1.82, 2.24) is 0 Å². The zero-order valence-electron chi connectivity index (χ0n) is 14.1. The first-order valence-corrected chi connectivity index (χ1v) is 9.79. The van der Waals surface area contributed by atoms with Crippen LogP contribution in [0, 0.1) is 0 Å². The molecule has 0 bridgehead atoms. The topological polar surface area (TPSA) is 54.0 Å². The minimum absolute atomic E-state index is 0.305. The lowest BCUT2D eigenvalue weighted by Crippen LogP contribution is -2.44. The van der Waals surface area contributed by atoms with Crippen LogP contribution in [-0.4, -0.2) is 41.2 Å². The molecule has 0 fully saturated rings. The maximum atomic E-state index is 11.8. The number of carbonyl (C=O) groups excluding carboxylic acids is 1. The molecule has 128 valence electrons. The second kappa shape index (κ2) is 11.1. The van der Waals surface area contributed by atoms with Crippen LogP contribution in [0.2, 0.25) is 0 Å². The monoisotopic (exact) mass is 338 g/mol. The Balaban J connectivity index is 2.47. The van der Waals surface area contributed by atoms with Gasteiger partial charge in [0, 0.05) is 19.8 Å². The number of esters is 1. The molecule has 0 unspecified atom stereocenters. The van der Waals surface area contributed by atoms with Gasteiger partial charge in [0.25, 0.3) is 0 Å². The molecule has 0 spiro atoms. The van der Waals surface area contributed by atoms with Gasteiger partial charge in [0.1, 0.15) is 0 Å². The van der Waals surface area contributed by atoms with Gasteiger partial charge >= 0.3 is 14.8 Å². The van der Waals surface area contributed by atoms with E-state index in [-0.39, 0.29) is 5.97 Å². The lowest BCUT2D eigenvalue weighted by molar-refractivity contribution is 0.0511. The van der Waals surface area contributed by atoms with E-state index in [0.29, 0.717) is 38.4 Å². The highest BCUT2D eigenvalue weighted by Gasteiger charge is 2.37. The maximum absolute atomic E-state index is 11.8. The van der Waals surface area contributed by atoms with Gasteiger partial charge in [-0.05, 0) is 45.0 Å². The van der Waals surface area contributed by atoms with Crippen LogP contribution in [0.5, 0.6) is 0 Å². The Morgan fingerprint density at radius 3 is 2.09 bits per heavy atom. The van der Waals surface area contributed by atoms with E-state index in [2.05, 4.69) is 0 Å². The van der Waals surface area contributed by atoms with Gasteiger partial charge in [-0.15, -0.1) is 0 Å². The Kier molecular flexibility index (Phi) is 9.47. The molecule has 0 amide bonds. The third kappa shape index (κ3) is 7.09. The predicted octanol–water partition coefficient (Wildman–Crippen LogP) is 3.38. The fourth-order valence-electron chi connectivity index (χ4n) is 1.98. The van der Waals surface area contributed by atoms with E-state index in [0.717, 1.165) is 0 Å². The van der Waals surface area contributed by atoms with E-state index < -0.39 is 8.80 Å². The van der Waals surface area contributed by atoms with E-state index >= 15 is 0 Å². The Labute approximate surface area is 139 Å². The largest absolute Gasteiger partial charge is 0.529 e. The minimum atomic E-state index is -2.76. The zero-order chi connectivity index (χ0) is 17.0. The molecule has 0 aliphatic carbocycles. The summed E-state index contributed by atoms with van der Waals surface area (Å²) in [5.74, 6) is -0.318. The lowest BCUT2D eigenvalue weighted by atomic mass is 10.2. The number of hydrogen-bond acceptors (Lipinski definition) is 5. The molecule has 5 nitrogen and oxygen atoms in total. The summed E-state index contributed by atoms with van der Waals surface area (Å²) in [6.07, 6.45) is 2.48. The molecule has 23 heavy (non-hydrogen) atoms. The molecule has 1 aromatic rings. The summed E-state index contributed by atoms with van der Waals surface area (Å²) in [4.78, 5) is 11.8. The van der Waals surface area contributed by atoms with E-state index in [1.807, 2.05) is 50.7 Å². The molecule has 0 heterocycles. The highest BCUT2D eigenvalue weighted by Crippen LogP contribution is 2.12. The van der Waals surface area contributed by atoms with Crippen LogP contribution in [0.25, 0.3) is 0 Å². The summed E-state index contributed by atoms with van der Waals surface area (Å²) in [6.45, 7) is 7.62. The third-order valence-electron chi connectivity index (χ3n) is 2.89. The number of rotatable bonds is 11. The van der Waals surface area contributed by atoms with Crippen molar-refractivity contribution in [1.29, 1.82) is 0 Å². The molecule has 0 aliphatic rings. The second-order valence-corrected chi connectivity index (χ2v) is 7.00. The van der Waals surface area contributed by atoms with Crippen LogP contribution in [0.15, 0.2) is 42.1 Å². The van der Waals surface area contributed by atoms with Gasteiger partial charge < -0.3 is 18.0 Å². The summed E-state index contributed by atoms with van der Waals surface area (Å²) in [5, 5.41) is 0. The molecule has 1 rings (SSSR count). The number of benzene rings is 1. The fourth-order valence-corrected chi connectivity index (χ4v) is 4.18. The van der Waals surface area contributed by atoms with Crippen LogP contribution in [-0.2, 0) is 18.0 Å². The van der Waals surface area contributed by atoms with Crippen molar-refractivity contribution < 1.29 is 22.8 Å². The van der Waals surface area contributed by atoms with Crippen molar-refractivity contribution in [2.75, 3.05) is 26.4 Å². The average Bonchev–Trinajstić information content (AvgIpc) is 2.56. The van der Waals surface area contributed by atoms with Crippen LogP contribution >= 0.6 is 0 Å². The summed E-state index contributed by atoms with van der Waals surface area (Å²) >= 11 is 0. The average molecular weight is 338 g/mol. The molecule has 0 aromatic heterocycles. The van der Waals surface area contributed by atoms with Crippen LogP contribution in [0.4, 0.5) is 0 Å². The van der Waals surface area contributed by atoms with E-state index in [1.165, 1.54) is 0 Å². The highest BCUT2D eigenvalue weighted by molar-refractivity contribution is 6.66. The number of carbonyl (C=O) groups is 1. The van der Waals surface area contributed by atoms with Gasteiger partial charge in [0.15, 0.2) is 0 Å². The summed E-state index contributed by atoms with van der Waals surface area (Å²) in [7, 11) is -2.76. The molecular weight excluding hydrogens is 312 g/mol. The predicted molar refractivity (Wildman–Crippen MR) is 91.1 cm³/mol. The van der Waals surface area contributed by atoms with Gasteiger partial charge in [-0.3, -0.25) is 0 Å². The van der Waals surface area contributed by atoms with Gasteiger partial charge in [-0.25, -0.2) is 4.79 Å². The van der Waals surface area contributed by atoms with Crippen molar-refractivity contribution >= 4 is 14.8 Å². The summed E-state index contributed by atoms with van der Waals surface area (Å²) in [5.41, 5.74) is 2.41. The van der Waals surface area contributed by atoms with E-state index in [4.69, 9.17) is 18.0 Å². The normalized spacial score (nSPS) is 11.8. The van der Waals surface area contributed by atoms with Crippen LogP contribution in [0.1, 0.15) is 37.6 Å². The Bertz CT molecular complexity index is 458. The summed E-state index contributed by atoms with van der Waals surface area (Å²) in [6, 6.07) is 8.94. The second-order valence-electron chi connectivity index (χ2n) is 4.60. The molecule has 0 saturated carbocycles. The highest BCUT2D eigenvalue weighted by atomic mass is 28.4. The van der Waals surface area contributed by atoms with Crippen molar-refractivity contribution in [3.63, 3.8) is 0 Å². The SMILES string of the molecule is CCO[Si](/C=C\CCOC(=O)c1ccccc1)(OCC)OCC. The Morgan fingerprint density at radius 2 is 1.57 bits per heavy atom. The molecule has 0 aliphatic heterocycles.